The predicted molar refractivity (Wildman–Crippen MR) is 103 cm³/mol. The van der Waals surface area contributed by atoms with Gasteiger partial charge in [0.1, 0.15) is 5.69 Å². The second-order valence-corrected chi connectivity index (χ2v) is 5.85. The fraction of sp³-hybridized carbons (Fsp3) is 0.150. The Kier molecular flexibility index (Phi) is 5.51. The van der Waals surface area contributed by atoms with Gasteiger partial charge in [-0.25, -0.2) is 5.43 Å². The van der Waals surface area contributed by atoms with E-state index >= 15 is 0 Å². The summed E-state index contributed by atoms with van der Waals surface area (Å²) in [6.45, 7) is 2.00. The fourth-order valence-corrected chi connectivity index (χ4v) is 2.56. The highest BCUT2D eigenvalue weighted by molar-refractivity contribution is 5.94. The number of nitrogens with zero attached hydrogens (tertiary/aromatic N) is 2. The molecule has 2 aromatic carbocycles. The van der Waals surface area contributed by atoms with Crippen molar-refractivity contribution in [3.8, 4) is 22.8 Å². The third kappa shape index (κ3) is 4.33. The van der Waals surface area contributed by atoms with Crippen LogP contribution >= 0.6 is 0 Å². The Bertz CT molecular complexity index is 979. The molecule has 3 rings (SSSR count). The maximum atomic E-state index is 12.2. The molecule has 0 bridgehead atoms. The minimum absolute atomic E-state index is 0.307. The Morgan fingerprint density at radius 1 is 1.11 bits per heavy atom. The fourth-order valence-electron chi connectivity index (χ4n) is 2.56. The van der Waals surface area contributed by atoms with E-state index in [0.29, 0.717) is 22.9 Å². The number of hydrazone groups is 1. The third-order valence-electron chi connectivity index (χ3n) is 3.92. The van der Waals surface area contributed by atoms with Crippen molar-refractivity contribution >= 4 is 12.1 Å². The third-order valence-corrected chi connectivity index (χ3v) is 3.92. The molecule has 7 nitrogen and oxygen atoms in total. The SMILES string of the molecule is COc1ccc(-c2cc(C(=O)N/N=C/c3cccc(C)c3)[nH]n2)cc1OC. The first-order chi connectivity index (χ1) is 13.1. The zero-order chi connectivity index (χ0) is 19.2. The van der Waals surface area contributed by atoms with E-state index in [-0.39, 0.29) is 5.91 Å². The molecule has 27 heavy (non-hydrogen) atoms. The van der Waals surface area contributed by atoms with E-state index in [0.717, 1.165) is 16.7 Å². The Hall–Kier alpha value is -3.61. The van der Waals surface area contributed by atoms with Gasteiger partial charge in [0.2, 0.25) is 0 Å². The van der Waals surface area contributed by atoms with Crippen LogP contribution in [0, 0.1) is 6.92 Å². The van der Waals surface area contributed by atoms with Crippen molar-refractivity contribution in [1.29, 1.82) is 0 Å². The second-order valence-electron chi connectivity index (χ2n) is 5.85. The van der Waals surface area contributed by atoms with Gasteiger partial charge in [0.25, 0.3) is 5.91 Å². The molecular weight excluding hydrogens is 344 g/mol. The minimum Gasteiger partial charge on any atom is -0.493 e. The van der Waals surface area contributed by atoms with Crippen LogP contribution in [0.4, 0.5) is 0 Å². The van der Waals surface area contributed by atoms with Gasteiger partial charge >= 0.3 is 0 Å². The van der Waals surface area contributed by atoms with Crippen molar-refractivity contribution in [2.24, 2.45) is 5.10 Å². The average molecular weight is 364 g/mol. The van der Waals surface area contributed by atoms with E-state index in [1.165, 1.54) is 0 Å². The summed E-state index contributed by atoms with van der Waals surface area (Å²) in [5.74, 6) is 0.838. The van der Waals surface area contributed by atoms with E-state index in [1.807, 2.05) is 37.3 Å². The lowest BCUT2D eigenvalue weighted by atomic mass is 10.1. The molecule has 1 amide bonds. The van der Waals surface area contributed by atoms with Crippen LogP contribution in [0.25, 0.3) is 11.3 Å². The van der Waals surface area contributed by atoms with Crippen molar-refractivity contribution in [2.75, 3.05) is 14.2 Å². The van der Waals surface area contributed by atoms with E-state index in [1.54, 1.807) is 38.6 Å². The smallest absolute Gasteiger partial charge is 0.289 e. The highest BCUT2D eigenvalue weighted by Gasteiger charge is 2.12. The van der Waals surface area contributed by atoms with E-state index < -0.39 is 0 Å². The number of carbonyl (C=O) groups is 1. The number of aromatic nitrogens is 2. The number of H-pyrrole nitrogens is 1. The lowest BCUT2D eigenvalue weighted by Gasteiger charge is -2.08. The van der Waals surface area contributed by atoms with Crippen molar-refractivity contribution in [2.45, 2.75) is 6.92 Å². The Balaban J connectivity index is 1.70. The largest absolute Gasteiger partial charge is 0.493 e. The van der Waals surface area contributed by atoms with Gasteiger partial charge < -0.3 is 9.47 Å². The first-order valence-corrected chi connectivity index (χ1v) is 8.28. The summed E-state index contributed by atoms with van der Waals surface area (Å²) in [4.78, 5) is 12.2. The monoisotopic (exact) mass is 364 g/mol. The molecule has 3 aromatic rings. The van der Waals surface area contributed by atoms with Gasteiger partial charge in [-0.1, -0.05) is 29.8 Å². The quantitative estimate of drug-likeness (QED) is 0.519. The molecule has 0 fully saturated rings. The number of hydrogen-bond donors (Lipinski definition) is 2. The number of aryl methyl sites for hydroxylation is 1. The zero-order valence-corrected chi connectivity index (χ0v) is 15.3. The van der Waals surface area contributed by atoms with E-state index in [2.05, 4.69) is 20.7 Å². The van der Waals surface area contributed by atoms with Gasteiger partial charge in [-0.05, 0) is 36.8 Å². The molecule has 1 heterocycles. The Morgan fingerprint density at radius 3 is 2.67 bits per heavy atom. The molecule has 138 valence electrons. The van der Waals surface area contributed by atoms with Crippen molar-refractivity contribution in [1.82, 2.24) is 15.6 Å². The highest BCUT2D eigenvalue weighted by Crippen LogP contribution is 2.31. The van der Waals surface area contributed by atoms with Gasteiger partial charge in [0.15, 0.2) is 11.5 Å². The first kappa shape index (κ1) is 18.2. The molecule has 7 heteroatoms. The van der Waals surface area contributed by atoms with Crippen molar-refractivity contribution < 1.29 is 14.3 Å². The van der Waals surface area contributed by atoms with Crippen molar-refractivity contribution in [3.05, 3.63) is 65.4 Å². The molecule has 0 aliphatic rings. The molecule has 0 atom stereocenters. The van der Waals surface area contributed by atoms with Crippen LogP contribution in [0.5, 0.6) is 11.5 Å². The number of nitrogens with one attached hydrogen (secondary N) is 2. The van der Waals surface area contributed by atoms with Crippen molar-refractivity contribution in [3.63, 3.8) is 0 Å². The number of benzene rings is 2. The summed E-state index contributed by atoms with van der Waals surface area (Å²) in [5.41, 5.74) is 6.24. The average Bonchev–Trinajstić information content (AvgIpc) is 3.17. The molecular formula is C20H20N4O3. The standard InChI is InChI=1S/C20H20N4O3/c1-13-5-4-6-14(9-13)12-21-24-20(25)17-11-16(22-23-17)15-7-8-18(26-2)19(10-15)27-3/h4-12H,1-3H3,(H,22,23)(H,24,25)/b21-12+. The maximum absolute atomic E-state index is 12.2. The van der Waals surface area contributed by atoms with Crippen LogP contribution in [0.1, 0.15) is 21.6 Å². The lowest BCUT2D eigenvalue weighted by molar-refractivity contribution is 0.0950. The lowest BCUT2D eigenvalue weighted by Crippen LogP contribution is -2.18. The van der Waals surface area contributed by atoms with E-state index in [9.17, 15) is 4.79 Å². The van der Waals surface area contributed by atoms with Gasteiger partial charge in [0.05, 0.1) is 26.1 Å². The number of amides is 1. The second kappa shape index (κ2) is 8.18. The minimum atomic E-state index is -0.377. The van der Waals surface area contributed by atoms with Crippen LogP contribution in [0.15, 0.2) is 53.6 Å². The first-order valence-electron chi connectivity index (χ1n) is 8.28. The molecule has 0 radical (unpaired) electrons. The Morgan fingerprint density at radius 2 is 1.93 bits per heavy atom. The topological polar surface area (TPSA) is 88.6 Å². The van der Waals surface area contributed by atoms with Crippen LogP contribution in [-0.4, -0.2) is 36.5 Å². The molecule has 0 unspecified atom stereocenters. The van der Waals surface area contributed by atoms with Crippen LogP contribution in [0.2, 0.25) is 0 Å². The summed E-state index contributed by atoms with van der Waals surface area (Å²) in [6.07, 6.45) is 1.59. The van der Waals surface area contributed by atoms with Gasteiger partial charge in [-0.15, -0.1) is 0 Å². The summed E-state index contributed by atoms with van der Waals surface area (Å²) in [6, 6.07) is 14.9. The van der Waals surface area contributed by atoms with Gasteiger partial charge in [-0.3, -0.25) is 9.89 Å². The summed E-state index contributed by atoms with van der Waals surface area (Å²) < 4.78 is 10.5. The predicted octanol–water partition coefficient (Wildman–Crippen LogP) is 3.17. The number of ether oxygens (including phenoxy) is 2. The summed E-state index contributed by atoms with van der Waals surface area (Å²) in [5, 5.41) is 10.9. The normalized spacial score (nSPS) is 10.8. The number of methoxy groups -OCH3 is 2. The zero-order valence-electron chi connectivity index (χ0n) is 15.3. The van der Waals surface area contributed by atoms with Gasteiger partial charge in [-0.2, -0.15) is 10.2 Å². The molecule has 0 aliphatic carbocycles. The highest BCUT2D eigenvalue weighted by atomic mass is 16.5. The van der Waals surface area contributed by atoms with E-state index in [4.69, 9.17) is 9.47 Å². The number of hydrogen-bond acceptors (Lipinski definition) is 5. The molecule has 2 N–H and O–H groups in total. The van der Waals surface area contributed by atoms with Gasteiger partial charge in [0, 0.05) is 5.56 Å². The Labute approximate surface area is 157 Å². The molecule has 0 saturated heterocycles. The van der Waals surface area contributed by atoms with Crippen LogP contribution in [-0.2, 0) is 0 Å². The molecule has 0 aliphatic heterocycles. The summed E-state index contributed by atoms with van der Waals surface area (Å²) >= 11 is 0. The number of aromatic amines is 1. The number of rotatable bonds is 6. The van der Waals surface area contributed by atoms with Crippen LogP contribution in [0.3, 0.4) is 0 Å². The molecule has 0 saturated carbocycles. The number of carbonyl (C=O) groups excluding carboxylic acids is 1. The van der Waals surface area contributed by atoms with Crippen LogP contribution < -0.4 is 14.9 Å². The maximum Gasteiger partial charge on any atom is 0.289 e. The molecule has 1 aromatic heterocycles. The summed E-state index contributed by atoms with van der Waals surface area (Å²) in [7, 11) is 3.14. The molecule has 0 spiro atoms.